The molecule has 0 aliphatic heterocycles. The summed E-state index contributed by atoms with van der Waals surface area (Å²) < 4.78 is 38.7. The van der Waals surface area contributed by atoms with E-state index in [9.17, 15) is 18.0 Å². The number of nitrogens with one attached hydrogen (secondary N) is 1. The third kappa shape index (κ3) is 4.94. The van der Waals surface area contributed by atoms with Gasteiger partial charge in [0.1, 0.15) is 0 Å². The Balaban J connectivity index is 2.93. The Morgan fingerprint density at radius 3 is 2.63 bits per heavy atom. The predicted octanol–water partition coefficient (Wildman–Crippen LogP) is 3.91. The highest BCUT2D eigenvalue weighted by molar-refractivity contribution is 9.10. The van der Waals surface area contributed by atoms with Crippen LogP contribution in [0.3, 0.4) is 0 Å². The summed E-state index contributed by atoms with van der Waals surface area (Å²) in [6.45, 7) is 1.55. The van der Waals surface area contributed by atoms with Crippen molar-refractivity contribution in [1.82, 2.24) is 0 Å². The van der Waals surface area contributed by atoms with Crippen molar-refractivity contribution < 1.29 is 23.1 Å². The Labute approximate surface area is 116 Å². The first-order valence-electron chi connectivity index (χ1n) is 5.21. The number of alkyl halides is 3. The van der Waals surface area contributed by atoms with E-state index in [1.807, 2.05) is 0 Å². The van der Waals surface area contributed by atoms with Gasteiger partial charge in [-0.05, 0) is 30.7 Å². The van der Waals surface area contributed by atoms with E-state index in [0.717, 1.165) is 12.1 Å². The van der Waals surface area contributed by atoms with Crippen molar-refractivity contribution >= 4 is 27.6 Å². The fraction of sp³-hybridized carbons (Fsp3) is 0.250. The van der Waals surface area contributed by atoms with Crippen molar-refractivity contribution in [3.8, 4) is 0 Å². The van der Waals surface area contributed by atoms with Gasteiger partial charge in [-0.25, -0.2) is 4.79 Å². The zero-order valence-corrected chi connectivity index (χ0v) is 11.5. The molecule has 0 amide bonds. The second kappa shape index (κ2) is 6.10. The largest absolute Gasteiger partial charge is 0.478 e. The van der Waals surface area contributed by atoms with Crippen LogP contribution in [0.15, 0.2) is 34.3 Å². The van der Waals surface area contributed by atoms with E-state index in [1.165, 1.54) is 19.1 Å². The van der Waals surface area contributed by atoms with Gasteiger partial charge < -0.3 is 10.4 Å². The molecule has 0 unspecified atom stereocenters. The van der Waals surface area contributed by atoms with Crippen molar-refractivity contribution in [2.75, 3.05) is 11.9 Å². The van der Waals surface area contributed by atoms with Crippen molar-refractivity contribution in [3.05, 3.63) is 39.9 Å². The maximum atomic E-state index is 12.8. The van der Waals surface area contributed by atoms with E-state index >= 15 is 0 Å². The maximum absolute atomic E-state index is 12.8. The topological polar surface area (TPSA) is 49.3 Å². The Hall–Kier alpha value is -1.50. The summed E-state index contributed by atoms with van der Waals surface area (Å²) in [7, 11) is 0. The van der Waals surface area contributed by atoms with Crippen molar-refractivity contribution in [2.45, 2.75) is 13.1 Å². The number of benzene rings is 1. The van der Waals surface area contributed by atoms with E-state index in [2.05, 4.69) is 21.2 Å². The molecule has 0 aromatic heterocycles. The molecule has 0 aliphatic carbocycles. The molecule has 0 heterocycles. The minimum absolute atomic E-state index is 0.0248. The summed E-state index contributed by atoms with van der Waals surface area (Å²) in [4.78, 5) is 10.4. The Kier molecular flexibility index (Phi) is 4.99. The molecule has 0 atom stereocenters. The number of carboxylic acids is 1. The highest BCUT2D eigenvalue weighted by atomic mass is 79.9. The molecule has 0 fully saturated rings. The summed E-state index contributed by atoms with van der Waals surface area (Å²) in [5.41, 5.74) is -0.470. The second-order valence-electron chi connectivity index (χ2n) is 3.87. The van der Waals surface area contributed by atoms with E-state index in [-0.39, 0.29) is 12.2 Å². The average molecular weight is 338 g/mol. The first-order valence-corrected chi connectivity index (χ1v) is 6.00. The summed E-state index contributed by atoms with van der Waals surface area (Å²) >= 11 is 2.98. The molecule has 1 aromatic rings. The van der Waals surface area contributed by atoms with Gasteiger partial charge in [0.25, 0.3) is 0 Å². The molecule has 104 valence electrons. The number of hydrogen-bond acceptors (Lipinski definition) is 2. The van der Waals surface area contributed by atoms with Gasteiger partial charge in [0.15, 0.2) is 0 Å². The highest BCUT2D eigenvalue weighted by Crippen LogP contribution is 2.36. The fourth-order valence-corrected chi connectivity index (χ4v) is 1.76. The maximum Gasteiger partial charge on any atom is 0.418 e. The number of carboxylic acid groups (broad SMARTS) is 1. The lowest BCUT2D eigenvalue weighted by Crippen LogP contribution is -2.12. The lowest BCUT2D eigenvalue weighted by atomic mass is 10.1. The molecule has 0 radical (unpaired) electrons. The zero-order chi connectivity index (χ0) is 14.6. The molecule has 0 spiro atoms. The van der Waals surface area contributed by atoms with Gasteiger partial charge in [0.2, 0.25) is 0 Å². The predicted molar refractivity (Wildman–Crippen MR) is 69.0 cm³/mol. The number of hydrogen-bond donors (Lipinski definition) is 2. The highest BCUT2D eigenvalue weighted by Gasteiger charge is 2.33. The molecule has 3 nitrogen and oxygen atoms in total. The smallest absolute Gasteiger partial charge is 0.418 e. The minimum atomic E-state index is -4.48. The van der Waals surface area contributed by atoms with Crippen LogP contribution in [-0.2, 0) is 11.0 Å². The summed E-state index contributed by atoms with van der Waals surface area (Å²) in [5.74, 6) is -1.13. The number of carbonyl (C=O) groups is 1. The van der Waals surface area contributed by atoms with E-state index < -0.39 is 17.7 Å². The van der Waals surface area contributed by atoms with E-state index in [4.69, 9.17) is 5.11 Å². The summed E-state index contributed by atoms with van der Waals surface area (Å²) in [6.07, 6.45) is -3.53. The molecule has 0 saturated carbocycles. The molecular weight excluding hydrogens is 327 g/mol. The second-order valence-corrected chi connectivity index (χ2v) is 4.79. The number of halogens is 4. The van der Waals surface area contributed by atoms with Gasteiger partial charge in [-0.1, -0.05) is 15.9 Å². The van der Waals surface area contributed by atoms with Crippen molar-refractivity contribution in [3.63, 3.8) is 0 Å². The molecule has 1 aromatic carbocycles. The van der Waals surface area contributed by atoms with Crippen LogP contribution in [0, 0.1) is 0 Å². The number of rotatable bonds is 4. The van der Waals surface area contributed by atoms with Gasteiger partial charge in [0.05, 0.1) is 5.56 Å². The Morgan fingerprint density at radius 2 is 2.11 bits per heavy atom. The number of anilines is 1. The Morgan fingerprint density at radius 1 is 1.47 bits per heavy atom. The van der Waals surface area contributed by atoms with Crippen LogP contribution in [0.25, 0.3) is 0 Å². The summed E-state index contributed by atoms with van der Waals surface area (Å²) in [5, 5.41) is 11.1. The first kappa shape index (κ1) is 15.6. The van der Waals surface area contributed by atoms with Crippen molar-refractivity contribution in [2.24, 2.45) is 0 Å². The average Bonchev–Trinajstić information content (AvgIpc) is 2.25. The molecule has 7 heteroatoms. The van der Waals surface area contributed by atoms with Gasteiger partial charge in [0, 0.05) is 22.8 Å². The number of aliphatic carboxylic acids is 1. The monoisotopic (exact) mass is 337 g/mol. The van der Waals surface area contributed by atoms with Crippen LogP contribution in [0.2, 0.25) is 0 Å². The molecule has 2 N–H and O–H groups in total. The normalized spacial score (nSPS) is 12.4. The van der Waals surface area contributed by atoms with Crippen molar-refractivity contribution in [1.29, 1.82) is 0 Å². The zero-order valence-electron chi connectivity index (χ0n) is 9.88. The molecule has 19 heavy (non-hydrogen) atoms. The molecule has 0 saturated heterocycles. The van der Waals surface area contributed by atoms with Crippen LogP contribution in [-0.4, -0.2) is 17.6 Å². The molecule has 0 bridgehead atoms. The van der Waals surface area contributed by atoms with Gasteiger partial charge in [-0.15, -0.1) is 0 Å². The molecule has 0 aliphatic rings. The third-order valence-electron chi connectivity index (χ3n) is 2.21. The summed E-state index contributed by atoms with van der Waals surface area (Å²) in [6, 6.07) is 3.74. The van der Waals surface area contributed by atoms with Gasteiger partial charge in [-0.2, -0.15) is 13.2 Å². The van der Waals surface area contributed by atoms with Crippen LogP contribution in [0.5, 0.6) is 0 Å². The lowest BCUT2D eigenvalue weighted by Gasteiger charge is -2.15. The van der Waals surface area contributed by atoms with Crippen LogP contribution >= 0.6 is 15.9 Å². The SMILES string of the molecule is C/C(=C/C(=O)O)CNc1ccc(Br)cc1C(F)(F)F. The van der Waals surface area contributed by atoms with E-state index in [1.54, 1.807) is 0 Å². The van der Waals surface area contributed by atoms with E-state index in [0.29, 0.717) is 10.0 Å². The van der Waals surface area contributed by atoms with Gasteiger partial charge >= 0.3 is 12.1 Å². The first-order chi connectivity index (χ1) is 8.70. The van der Waals surface area contributed by atoms with Crippen LogP contribution < -0.4 is 5.32 Å². The van der Waals surface area contributed by atoms with Crippen LogP contribution in [0.1, 0.15) is 12.5 Å². The third-order valence-corrected chi connectivity index (χ3v) is 2.71. The molecule has 1 rings (SSSR count). The Bertz CT molecular complexity index is 512. The fourth-order valence-electron chi connectivity index (χ4n) is 1.40. The standard InChI is InChI=1S/C12H11BrF3NO2/c1-7(4-11(18)19)6-17-10-3-2-8(13)5-9(10)12(14,15)16/h2-5,17H,6H2,1H3,(H,18,19)/b7-4-. The lowest BCUT2D eigenvalue weighted by molar-refractivity contribution is -0.137. The quantitative estimate of drug-likeness (QED) is 0.819. The molecular formula is C12H11BrF3NO2. The van der Waals surface area contributed by atoms with Crippen LogP contribution in [0.4, 0.5) is 18.9 Å². The van der Waals surface area contributed by atoms with Gasteiger partial charge in [-0.3, -0.25) is 0 Å². The minimum Gasteiger partial charge on any atom is -0.478 e.